The molecule has 0 saturated heterocycles. The molecule has 0 radical (unpaired) electrons. The molecular weight excluding hydrogens is 258 g/mol. The molecular formula is C13H25N5O2. The second kappa shape index (κ2) is 7.84. The maximum atomic E-state index is 11.2. The van der Waals surface area contributed by atoms with Gasteiger partial charge in [0.2, 0.25) is 5.82 Å². The van der Waals surface area contributed by atoms with Gasteiger partial charge in [-0.15, -0.1) is 0 Å². The Kier molecular flexibility index (Phi) is 6.44. The minimum Gasteiger partial charge on any atom is -0.363 e. The molecule has 0 atom stereocenters. The lowest BCUT2D eigenvalue weighted by Gasteiger charge is -2.18. The summed E-state index contributed by atoms with van der Waals surface area (Å²) in [6.07, 6.45) is 0.892. The van der Waals surface area contributed by atoms with Crippen LogP contribution in [0.5, 0.6) is 0 Å². The second-order valence-corrected chi connectivity index (χ2v) is 4.72. The van der Waals surface area contributed by atoms with E-state index in [-0.39, 0.29) is 10.6 Å². The number of likely N-dealkylation sites (N-methyl/N-ethyl adjacent to an activating group) is 1. The fourth-order valence-corrected chi connectivity index (χ4v) is 2.21. The molecule has 0 aliphatic rings. The third kappa shape index (κ3) is 3.93. The van der Waals surface area contributed by atoms with Crippen LogP contribution in [-0.4, -0.2) is 45.8 Å². The first-order chi connectivity index (χ1) is 9.54. The molecule has 20 heavy (non-hydrogen) atoms. The van der Waals surface area contributed by atoms with Crippen LogP contribution in [0.4, 0.5) is 11.5 Å². The summed E-state index contributed by atoms with van der Waals surface area (Å²) in [5, 5.41) is 18.6. The van der Waals surface area contributed by atoms with Crippen molar-refractivity contribution >= 4 is 11.5 Å². The minimum atomic E-state index is -0.353. The number of aromatic nitrogens is 2. The number of nitrogens with one attached hydrogen (secondary N) is 1. The summed E-state index contributed by atoms with van der Waals surface area (Å²) in [6, 6.07) is 0. The molecule has 0 bridgehead atoms. The predicted octanol–water partition coefficient (Wildman–Crippen LogP) is 2.26. The Bertz CT molecular complexity index is 440. The standard InChI is InChI=1S/C13H25N5O2/c1-5-9-17-13(12(18(19)20)11(4)15-17)14-8-10-16(6-2)7-3/h14H,5-10H2,1-4H3. The molecule has 0 saturated carbocycles. The van der Waals surface area contributed by atoms with E-state index in [1.807, 2.05) is 6.92 Å². The van der Waals surface area contributed by atoms with Gasteiger partial charge >= 0.3 is 5.69 Å². The molecule has 114 valence electrons. The van der Waals surface area contributed by atoms with Crippen molar-refractivity contribution in [1.82, 2.24) is 14.7 Å². The first-order valence-corrected chi connectivity index (χ1v) is 7.23. The van der Waals surface area contributed by atoms with E-state index < -0.39 is 0 Å². The van der Waals surface area contributed by atoms with E-state index in [1.165, 1.54) is 0 Å². The molecule has 0 aromatic carbocycles. The molecule has 1 aromatic rings. The molecule has 1 heterocycles. The maximum Gasteiger partial charge on any atom is 0.333 e. The normalized spacial score (nSPS) is 11.1. The van der Waals surface area contributed by atoms with Crippen LogP contribution in [0.15, 0.2) is 0 Å². The lowest BCUT2D eigenvalue weighted by molar-refractivity contribution is -0.384. The third-order valence-electron chi connectivity index (χ3n) is 3.33. The van der Waals surface area contributed by atoms with E-state index in [9.17, 15) is 10.1 Å². The zero-order chi connectivity index (χ0) is 15.1. The smallest absolute Gasteiger partial charge is 0.333 e. The topological polar surface area (TPSA) is 76.2 Å². The fourth-order valence-electron chi connectivity index (χ4n) is 2.21. The Morgan fingerprint density at radius 3 is 2.50 bits per heavy atom. The molecule has 0 spiro atoms. The summed E-state index contributed by atoms with van der Waals surface area (Å²) in [5.74, 6) is 0.529. The number of anilines is 1. The zero-order valence-corrected chi connectivity index (χ0v) is 12.8. The van der Waals surface area contributed by atoms with Gasteiger partial charge < -0.3 is 10.2 Å². The average Bonchev–Trinajstić information content (AvgIpc) is 2.71. The first-order valence-electron chi connectivity index (χ1n) is 7.23. The fraction of sp³-hybridized carbons (Fsp3) is 0.769. The quantitative estimate of drug-likeness (QED) is 0.555. The van der Waals surface area contributed by atoms with Crippen molar-refractivity contribution in [2.45, 2.75) is 40.7 Å². The van der Waals surface area contributed by atoms with Gasteiger partial charge in [0.05, 0.1) is 4.92 Å². The van der Waals surface area contributed by atoms with E-state index in [0.717, 1.165) is 26.1 Å². The monoisotopic (exact) mass is 283 g/mol. The Morgan fingerprint density at radius 1 is 1.35 bits per heavy atom. The van der Waals surface area contributed by atoms with Gasteiger partial charge in [-0.3, -0.25) is 10.1 Å². The lowest BCUT2D eigenvalue weighted by Crippen LogP contribution is -2.29. The predicted molar refractivity (Wildman–Crippen MR) is 80.2 cm³/mol. The number of aryl methyl sites for hydroxylation is 2. The highest BCUT2D eigenvalue weighted by Gasteiger charge is 2.24. The van der Waals surface area contributed by atoms with Gasteiger partial charge in [0.15, 0.2) is 0 Å². The van der Waals surface area contributed by atoms with Crippen LogP contribution in [0.2, 0.25) is 0 Å². The summed E-state index contributed by atoms with van der Waals surface area (Å²) < 4.78 is 1.70. The van der Waals surface area contributed by atoms with Gasteiger partial charge in [-0.2, -0.15) is 5.10 Å². The molecule has 0 amide bonds. The first kappa shape index (κ1) is 16.4. The molecule has 0 aliphatic carbocycles. The highest BCUT2D eigenvalue weighted by Crippen LogP contribution is 2.28. The number of nitro groups is 1. The summed E-state index contributed by atoms with van der Waals surface area (Å²) >= 11 is 0. The van der Waals surface area contributed by atoms with Gasteiger partial charge in [-0.1, -0.05) is 20.8 Å². The van der Waals surface area contributed by atoms with Crippen LogP contribution in [0.25, 0.3) is 0 Å². The SMILES string of the molecule is CCCn1nc(C)c([N+](=O)[O-])c1NCCN(CC)CC. The van der Waals surface area contributed by atoms with Crippen LogP contribution in [-0.2, 0) is 6.54 Å². The van der Waals surface area contributed by atoms with Crippen LogP contribution >= 0.6 is 0 Å². The van der Waals surface area contributed by atoms with Gasteiger partial charge in [-0.25, -0.2) is 4.68 Å². The molecule has 7 nitrogen and oxygen atoms in total. The molecule has 0 fully saturated rings. The van der Waals surface area contributed by atoms with E-state index >= 15 is 0 Å². The lowest BCUT2D eigenvalue weighted by atomic mass is 10.3. The third-order valence-corrected chi connectivity index (χ3v) is 3.33. The molecule has 0 unspecified atom stereocenters. The Balaban J connectivity index is 2.83. The molecule has 1 N–H and O–H groups in total. The van der Waals surface area contributed by atoms with Gasteiger partial charge in [0, 0.05) is 19.6 Å². The average molecular weight is 283 g/mol. The van der Waals surface area contributed by atoms with Gasteiger partial charge in [0.25, 0.3) is 0 Å². The summed E-state index contributed by atoms with van der Waals surface area (Å²) in [7, 11) is 0. The molecule has 1 aromatic heterocycles. The summed E-state index contributed by atoms with van der Waals surface area (Å²) in [4.78, 5) is 13.1. The summed E-state index contributed by atoms with van der Waals surface area (Å²) in [5.41, 5.74) is 0.562. The Labute approximate surface area is 120 Å². The zero-order valence-electron chi connectivity index (χ0n) is 12.8. The Hall–Kier alpha value is -1.63. The van der Waals surface area contributed by atoms with Crippen LogP contribution in [0.3, 0.4) is 0 Å². The van der Waals surface area contributed by atoms with Crippen LogP contribution < -0.4 is 5.32 Å². The van der Waals surface area contributed by atoms with Crippen molar-refractivity contribution in [2.75, 3.05) is 31.5 Å². The summed E-state index contributed by atoms with van der Waals surface area (Å²) in [6.45, 7) is 12.1. The number of nitrogens with zero attached hydrogens (tertiary/aromatic N) is 4. The van der Waals surface area contributed by atoms with E-state index in [2.05, 4.69) is 29.2 Å². The number of hydrogen-bond donors (Lipinski definition) is 1. The van der Waals surface area contributed by atoms with Crippen LogP contribution in [0.1, 0.15) is 32.9 Å². The van der Waals surface area contributed by atoms with Crippen molar-refractivity contribution < 1.29 is 4.92 Å². The highest BCUT2D eigenvalue weighted by molar-refractivity contribution is 5.59. The second-order valence-electron chi connectivity index (χ2n) is 4.72. The minimum absolute atomic E-state index is 0.0954. The van der Waals surface area contributed by atoms with E-state index in [1.54, 1.807) is 11.6 Å². The highest BCUT2D eigenvalue weighted by atomic mass is 16.6. The van der Waals surface area contributed by atoms with Crippen LogP contribution in [0, 0.1) is 17.0 Å². The molecule has 1 rings (SSSR count). The van der Waals surface area contributed by atoms with E-state index in [0.29, 0.717) is 24.6 Å². The largest absolute Gasteiger partial charge is 0.363 e. The van der Waals surface area contributed by atoms with Gasteiger partial charge in [0.1, 0.15) is 5.69 Å². The maximum absolute atomic E-state index is 11.2. The number of hydrogen-bond acceptors (Lipinski definition) is 5. The van der Waals surface area contributed by atoms with Crippen molar-refractivity contribution in [3.8, 4) is 0 Å². The van der Waals surface area contributed by atoms with Crippen molar-refractivity contribution in [3.63, 3.8) is 0 Å². The Morgan fingerprint density at radius 2 is 2.00 bits per heavy atom. The van der Waals surface area contributed by atoms with Crippen molar-refractivity contribution in [3.05, 3.63) is 15.8 Å². The molecule has 7 heteroatoms. The molecule has 0 aliphatic heterocycles. The van der Waals surface area contributed by atoms with Crippen molar-refractivity contribution in [1.29, 1.82) is 0 Å². The van der Waals surface area contributed by atoms with Crippen molar-refractivity contribution in [2.24, 2.45) is 0 Å². The number of rotatable bonds is 9. The van der Waals surface area contributed by atoms with Gasteiger partial charge in [-0.05, 0) is 26.4 Å². The van der Waals surface area contributed by atoms with E-state index in [4.69, 9.17) is 0 Å².